The number of nitro benzene ring substituents is 1. The topological polar surface area (TPSA) is 169 Å². The number of ether oxygens (including phenoxy) is 2. The molecule has 3 aromatic heterocycles. The molecule has 2 aliphatic heterocycles. The predicted octanol–water partition coefficient (Wildman–Crippen LogP) is 9.21. The third-order valence-electron chi connectivity index (χ3n) is 11.8. The number of nitrogens with zero attached hydrogens (tertiary/aromatic N) is 3. The van der Waals surface area contributed by atoms with Gasteiger partial charge in [-0.25, -0.2) is 18.1 Å². The zero-order valence-electron chi connectivity index (χ0n) is 32.3. The van der Waals surface area contributed by atoms with E-state index < -0.39 is 31.4 Å². The molecule has 3 aromatic carbocycles. The first-order valence-electron chi connectivity index (χ1n) is 20.0. The number of hydrogen-bond acceptors (Lipinski definition) is 11. The summed E-state index contributed by atoms with van der Waals surface area (Å²) in [6, 6.07) is 22.0. The molecular formula is C44H44N6O7S2. The molecule has 9 rings (SSSR count). The lowest BCUT2D eigenvalue weighted by molar-refractivity contribution is -0.384. The minimum Gasteiger partial charge on any atom is -0.455 e. The Kier molecular flexibility index (Phi) is 10.9. The molecule has 59 heavy (non-hydrogen) atoms. The number of nitro groups is 1. The van der Waals surface area contributed by atoms with E-state index in [9.17, 15) is 23.3 Å². The first-order chi connectivity index (χ1) is 28.7. The van der Waals surface area contributed by atoms with E-state index in [0.717, 1.165) is 67.7 Å². The quantitative estimate of drug-likeness (QED) is 0.0799. The Morgan fingerprint density at radius 2 is 1.92 bits per heavy atom. The van der Waals surface area contributed by atoms with Crippen LogP contribution in [0.25, 0.3) is 26.7 Å². The average Bonchev–Trinajstić information content (AvgIpc) is 4.05. The van der Waals surface area contributed by atoms with Gasteiger partial charge in [-0.1, -0.05) is 30.3 Å². The summed E-state index contributed by atoms with van der Waals surface area (Å²) in [5, 5.41) is 19.4. The Labute approximate surface area is 345 Å². The Morgan fingerprint density at radius 1 is 1.03 bits per heavy atom. The molecule has 1 aliphatic carbocycles. The number of carbonyl (C=O) groups excluding carboxylic acids is 1. The monoisotopic (exact) mass is 832 g/mol. The van der Waals surface area contributed by atoms with E-state index in [1.807, 2.05) is 23.5 Å². The second-order valence-electron chi connectivity index (χ2n) is 15.4. The van der Waals surface area contributed by atoms with Gasteiger partial charge in [0.05, 0.1) is 21.6 Å². The molecule has 2 saturated heterocycles. The number of pyridine rings is 1. The van der Waals surface area contributed by atoms with Gasteiger partial charge in [0.25, 0.3) is 21.6 Å². The lowest BCUT2D eigenvalue weighted by Crippen LogP contribution is -2.35. The van der Waals surface area contributed by atoms with Gasteiger partial charge in [0.15, 0.2) is 0 Å². The number of anilines is 1. The number of fused-ring (bicyclic) bond motifs is 2. The molecule has 5 heterocycles. The van der Waals surface area contributed by atoms with Crippen LogP contribution >= 0.6 is 11.3 Å². The van der Waals surface area contributed by atoms with Gasteiger partial charge in [-0.2, -0.15) is 0 Å². The summed E-state index contributed by atoms with van der Waals surface area (Å²) in [7, 11) is -4.54. The molecule has 304 valence electrons. The maximum Gasteiger partial charge on any atom is 0.293 e. The standard InChI is InChI=1S/C44H44N6O7S2/c51-44(48-59(54,55)35-11-13-38(40(25-35)50(52)53)46-26-28-15-20-56-21-16-28)37-12-8-31(24-41(37)57-34-23-32-14-18-45-43(32)47-27-34)29-6-9-33(10-7-29)49-19-2-5-39(49)36-4-1-3-30-17-22-58-42(30)36/h1,3-4,6,8,11-14,17-18,22-25,27-28,33,39,46H,2,5,7,9-10,15-16,19-21,26H2,(H,45,47)(H,48,51). The molecule has 3 aliphatic rings. The number of amides is 1. The van der Waals surface area contributed by atoms with Gasteiger partial charge in [0, 0.05) is 54.2 Å². The number of hydrogen-bond donors (Lipinski definition) is 3. The highest BCUT2D eigenvalue weighted by molar-refractivity contribution is 7.90. The Balaban J connectivity index is 0.960. The largest absolute Gasteiger partial charge is 0.455 e. The van der Waals surface area contributed by atoms with Crippen LogP contribution in [0.5, 0.6) is 11.5 Å². The van der Waals surface area contributed by atoms with Crippen molar-refractivity contribution < 1.29 is 27.6 Å². The molecule has 0 saturated carbocycles. The number of nitrogens with one attached hydrogen (secondary N) is 3. The molecule has 15 heteroatoms. The van der Waals surface area contributed by atoms with E-state index in [0.29, 0.717) is 43.2 Å². The molecule has 0 bridgehead atoms. The Morgan fingerprint density at radius 3 is 2.75 bits per heavy atom. The van der Waals surface area contributed by atoms with Crippen LogP contribution in [0.1, 0.15) is 72.5 Å². The fourth-order valence-corrected chi connectivity index (χ4v) is 10.7. The van der Waals surface area contributed by atoms with Crippen molar-refractivity contribution in [2.45, 2.75) is 61.9 Å². The van der Waals surface area contributed by atoms with E-state index in [2.05, 4.69) is 60.6 Å². The maximum atomic E-state index is 13.9. The SMILES string of the molecule is O=C(NS(=O)(=O)c1ccc(NCC2CCOCC2)c([N+](=O)[O-])c1)c1ccc(C2=CCC(N3CCCC3c3cccc4ccsc34)CC2)cc1Oc1cnc2[nH]ccc2c1. The summed E-state index contributed by atoms with van der Waals surface area (Å²) >= 11 is 1.81. The summed E-state index contributed by atoms with van der Waals surface area (Å²) < 4.78 is 42.5. The third kappa shape index (κ3) is 8.20. The summed E-state index contributed by atoms with van der Waals surface area (Å²) in [4.78, 5) is 35.1. The van der Waals surface area contributed by atoms with Gasteiger partial charge >= 0.3 is 0 Å². The molecular weight excluding hydrogens is 789 g/mol. The van der Waals surface area contributed by atoms with E-state index in [4.69, 9.17) is 9.47 Å². The molecule has 0 radical (unpaired) electrons. The number of rotatable bonds is 12. The van der Waals surface area contributed by atoms with E-state index in [1.165, 1.54) is 40.4 Å². The van der Waals surface area contributed by atoms with Crippen molar-refractivity contribution >= 4 is 65.3 Å². The number of sulfonamides is 1. The van der Waals surface area contributed by atoms with Crippen LogP contribution in [0, 0.1) is 16.0 Å². The number of likely N-dealkylation sites (tertiary alicyclic amines) is 1. The number of aromatic nitrogens is 2. The van der Waals surface area contributed by atoms with Crippen LogP contribution in [0.15, 0.2) is 102 Å². The summed E-state index contributed by atoms with van der Waals surface area (Å²) in [6.45, 7) is 2.81. The van der Waals surface area contributed by atoms with Gasteiger partial charge in [0.2, 0.25) is 0 Å². The highest BCUT2D eigenvalue weighted by atomic mass is 32.2. The highest BCUT2D eigenvalue weighted by Crippen LogP contribution is 2.43. The zero-order chi connectivity index (χ0) is 40.5. The van der Waals surface area contributed by atoms with Crippen LogP contribution in [0.4, 0.5) is 11.4 Å². The Hall–Kier alpha value is -5.61. The van der Waals surface area contributed by atoms with Crippen LogP contribution < -0.4 is 14.8 Å². The van der Waals surface area contributed by atoms with Gasteiger partial charge < -0.3 is 19.8 Å². The number of H-pyrrole nitrogens is 1. The van der Waals surface area contributed by atoms with E-state index in [1.54, 1.807) is 24.4 Å². The number of benzene rings is 3. The van der Waals surface area contributed by atoms with Crippen molar-refractivity contribution in [2.75, 3.05) is 31.6 Å². The molecule has 2 fully saturated rings. The van der Waals surface area contributed by atoms with Gasteiger partial charge in [0.1, 0.15) is 22.8 Å². The minimum absolute atomic E-state index is 0.0207. The lowest BCUT2D eigenvalue weighted by atomic mass is 9.88. The predicted molar refractivity (Wildman–Crippen MR) is 229 cm³/mol. The van der Waals surface area contributed by atoms with Crippen molar-refractivity contribution in [1.82, 2.24) is 19.6 Å². The smallest absolute Gasteiger partial charge is 0.293 e. The van der Waals surface area contributed by atoms with Crippen molar-refractivity contribution in [1.29, 1.82) is 0 Å². The number of thiophene rings is 1. The van der Waals surface area contributed by atoms with Gasteiger partial charge in [-0.3, -0.25) is 19.8 Å². The second kappa shape index (κ2) is 16.6. The molecule has 1 amide bonds. The molecule has 3 N–H and O–H groups in total. The molecule has 2 unspecified atom stereocenters. The first kappa shape index (κ1) is 38.9. The summed E-state index contributed by atoms with van der Waals surface area (Å²) in [5.74, 6) is -0.145. The summed E-state index contributed by atoms with van der Waals surface area (Å²) in [6.07, 6.45) is 12.2. The van der Waals surface area contributed by atoms with Gasteiger partial charge in [-0.05, 0) is 127 Å². The third-order valence-corrected chi connectivity index (χ3v) is 14.1. The fourth-order valence-electron chi connectivity index (χ4n) is 8.74. The number of allylic oxidation sites excluding steroid dienone is 1. The Bertz CT molecular complexity index is 2690. The van der Waals surface area contributed by atoms with Crippen molar-refractivity contribution in [3.05, 3.63) is 123 Å². The second-order valence-corrected chi connectivity index (χ2v) is 18.0. The first-order valence-corrected chi connectivity index (χ1v) is 22.4. The maximum absolute atomic E-state index is 13.9. The molecule has 2 atom stereocenters. The number of carbonyl (C=O) groups is 1. The fraction of sp³-hybridized carbons (Fsp3) is 0.318. The van der Waals surface area contributed by atoms with E-state index in [-0.39, 0.29) is 22.9 Å². The van der Waals surface area contributed by atoms with Crippen LogP contribution in [0.2, 0.25) is 0 Å². The van der Waals surface area contributed by atoms with Crippen LogP contribution in [-0.2, 0) is 14.8 Å². The van der Waals surface area contributed by atoms with Crippen molar-refractivity contribution in [3.63, 3.8) is 0 Å². The van der Waals surface area contributed by atoms with Crippen LogP contribution in [0.3, 0.4) is 0 Å². The number of aromatic amines is 1. The molecule has 13 nitrogen and oxygen atoms in total. The zero-order valence-corrected chi connectivity index (χ0v) is 33.9. The normalized spacial score (nSPS) is 19.2. The lowest BCUT2D eigenvalue weighted by Gasteiger charge is -2.35. The summed E-state index contributed by atoms with van der Waals surface area (Å²) in [5.41, 5.74) is 3.86. The van der Waals surface area contributed by atoms with Crippen molar-refractivity contribution in [2.24, 2.45) is 5.92 Å². The molecule has 6 aromatic rings. The molecule has 0 spiro atoms. The minimum atomic E-state index is -4.54. The highest BCUT2D eigenvalue weighted by Gasteiger charge is 2.34. The average molecular weight is 833 g/mol. The van der Waals surface area contributed by atoms with Crippen LogP contribution in [-0.4, -0.2) is 66.5 Å². The van der Waals surface area contributed by atoms with E-state index >= 15 is 0 Å². The van der Waals surface area contributed by atoms with Crippen molar-refractivity contribution in [3.8, 4) is 11.5 Å². The van der Waals surface area contributed by atoms with Gasteiger partial charge in [-0.15, -0.1) is 11.3 Å².